The Morgan fingerprint density at radius 1 is 1.32 bits per heavy atom. The molecule has 3 aromatic rings. The molecule has 0 aliphatic heterocycles. The molecule has 28 heavy (non-hydrogen) atoms. The Kier molecular flexibility index (Phi) is 6.06. The van der Waals surface area contributed by atoms with E-state index in [2.05, 4.69) is 20.5 Å². The summed E-state index contributed by atoms with van der Waals surface area (Å²) in [5.74, 6) is 0.250. The monoisotopic (exact) mass is 380 g/mol. The standard InChI is InChI=1S/C21H24N4O3/c1-13(2)18(12-26)23-21(27)15-7-9-17-19(20(15)28-3)16(24-25-17)8-6-14-5-4-10-22-11-14/h4-11,13,18,26H,12H2,1-3H3,(H,23,27)(H,24,25)/t18-/m1/s1. The lowest BCUT2D eigenvalue weighted by atomic mass is 10.0. The van der Waals surface area contributed by atoms with Gasteiger partial charge in [-0.2, -0.15) is 5.10 Å². The zero-order valence-electron chi connectivity index (χ0n) is 16.1. The molecule has 0 fully saturated rings. The molecule has 0 aliphatic rings. The van der Waals surface area contributed by atoms with E-state index in [0.29, 0.717) is 17.0 Å². The number of hydrogen-bond acceptors (Lipinski definition) is 5. The van der Waals surface area contributed by atoms with Crippen molar-refractivity contribution in [1.82, 2.24) is 20.5 Å². The molecule has 0 bridgehead atoms. The van der Waals surface area contributed by atoms with Crippen molar-refractivity contribution < 1.29 is 14.6 Å². The Labute approximate surface area is 163 Å². The molecule has 3 N–H and O–H groups in total. The number of methoxy groups -OCH3 is 1. The maximum absolute atomic E-state index is 12.8. The van der Waals surface area contributed by atoms with E-state index in [1.807, 2.05) is 38.1 Å². The fourth-order valence-electron chi connectivity index (χ4n) is 2.94. The summed E-state index contributed by atoms with van der Waals surface area (Å²) in [4.78, 5) is 16.9. The summed E-state index contributed by atoms with van der Waals surface area (Å²) in [6, 6.07) is 6.96. The number of nitrogens with zero attached hydrogens (tertiary/aromatic N) is 2. The molecule has 146 valence electrons. The first-order chi connectivity index (χ1) is 13.5. The Bertz CT molecular complexity index is 980. The molecular formula is C21H24N4O3. The van der Waals surface area contributed by atoms with Crippen LogP contribution in [-0.4, -0.2) is 46.0 Å². The molecule has 0 saturated heterocycles. The highest BCUT2D eigenvalue weighted by molar-refractivity contribution is 6.05. The van der Waals surface area contributed by atoms with E-state index in [-0.39, 0.29) is 24.5 Å². The maximum Gasteiger partial charge on any atom is 0.255 e. The molecule has 7 heteroatoms. The number of aliphatic hydroxyl groups is 1. The molecule has 1 aromatic carbocycles. The molecular weight excluding hydrogens is 356 g/mol. The second kappa shape index (κ2) is 8.67. The van der Waals surface area contributed by atoms with Crippen LogP contribution in [0, 0.1) is 5.92 Å². The van der Waals surface area contributed by atoms with E-state index < -0.39 is 0 Å². The van der Waals surface area contributed by atoms with Crippen molar-refractivity contribution >= 4 is 29.0 Å². The lowest BCUT2D eigenvalue weighted by Crippen LogP contribution is -2.41. The van der Waals surface area contributed by atoms with Gasteiger partial charge in [-0.15, -0.1) is 0 Å². The molecule has 0 spiro atoms. The third-order valence-electron chi connectivity index (χ3n) is 4.60. The number of amides is 1. The fraction of sp³-hybridized carbons (Fsp3) is 0.286. The third-order valence-corrected chi connectivity index (χ3v) is 4.60. The van der Waals surface area contributed by atoms with E-state index in [1.54, 1.807) is 24.5 Å². The molecule has 2 heterocycles. The van der Waals surface area contributed by atoms with Crippen LogP contribution >= 0.6 is 0 Å². The van der Waals surface area contributed by atoms with Gasteiger partial charge in [-0.05, 0) is 35.8 Å². The van der Waals surface area contributed by atoms with E-state index >= 15 is 0 Å². The van der Waals surface area contributed by atoms with Crippen molar-refractivity contribution in [3.05, 3.63) is 53.5 Å². The smallest absolute Gasteiger partial charge is 0.255 e. The van der Waals surface area contributed by atoms with Crippen LogP contribution in [0.3, 0.4) is 0 Å². The average Bonchev–Trinajstić information content (AvgIpc) is 3.13. The number of pyridine rings is 1. The van der Waals surface area contributed by atoms with Gasteiger partial charge in [0, 0.05) is 12.4 Å². The van der Waals surface area contributed by atoms with Crippen LogP contribution < -0.4 is 10.1 Å². The average molecular weight is 380 g/mol. The predicted molar refractivity (Wildman–Crippen MR) is 109 cm³/mol. The van der Waals surface area contributed by atoms with Crippen LogP contribution in [-0.2, 0) is 0 Å². The number of nitrogens with one attached hydrogen (secondary N) is 2. The van der Waals surface area contributed by atoms with Crippen molar-refractivity contribution in [2.75, 3.05) is 13.7 Å². The second-order valence-corrected chi connectivity index (χ2v) is 6.80. The van der Waals surface area contributed by atoms with Gasteiger partial charge in [0.15, 0.2) is 0 Å². The van der Waals surface area contributed by atoms with E-state index in [0.717, 1.165) is 16.5 Å². The SMILES string of the molecule is COc1c(C(=O)N[C@H](CO)C(C)C)ccc2[nH]nc(C=Cc3cccnc3)c12. The number of fused-ring (bicyclic) bond motifs is 1. The fourth-order valence-corrected chi connectivity index (χ4v) is 2.94. The van der Waals surface area contributed by atoms with Gasteiger partial charge in [0.25, 0.3) is 5.91 Å². The van der Waals surface area contributed by atoms with Gasteiger partial charge < -0.3 is 15.2 Å². The minimum Gasteiger partial charge on any atom is -0.495 e. The number of H-pyrrole nitrogens is 1. The van der Waals surface area contributed by atoms with Gasteiger partial charge in [0.1, 0.15) is 5.75 Å². The maximum atomic E-state index is 12.8. The molecule has 0 saturated carbocycles. The summed E-state index contributed by atoms with van der Waals surface area (Å²) < 4.78 is 5.58. The van der Waals surface area contributed by atoms with Crippen molar-refractivity contribution in [3.8, 4) is 5.75 Å². The summed E-state index contributed by atoms with van der Waals surface area (Å²) >= 11 is 0. The number of ether oxygens (including phenoxy) is 1. The Morgan fingerprint density at radius 2 is 2.14 bits per heavy atom. The Balaban J connectivity index is 1.99. The number of aromatic amines is 1. The molecule has 0 radical (unpaired) electrons. The topological polar surface area (TPSA) is 100 Å². The molecule has 2 aromatic heterocycles. The third kappa shape index (κ3) is 4.04. The largest absolute Gasteiger partial charge is 0.495 e. The van der Waals surface area contributed by atoms with Crippen LogP contribution in [0.25, 0.3) is 23.1 Å². The number of carbonyl (C=O) groups excluding carboxylic acids is 1. The summed E-state index contributed by atoms with van der Waals surface area (Å²) in [5.41, 5.74) is 2.76. The van der Waals surface area contributed by atoms with Crippen molar-refractivity contribution in [2.24, 2.45) is 5.92 Å². The zero-order valence-corrected chi connectivity index (χ0v) is 16.1. The lowest BCUT2D eigenvalue weighted by Gasteiger charge is -2.20. The van der Waals surface area contributed by atoms with Crippen molar-refractivity contribution in [1.29, 1.82) is 0 Å². The van der Waals surface area contributed by atoms with Gasteiger partial charge in [-0.25, -0.2) is 0 Å². The normalized spacial score (nSPS) is 12.6. The number of hydrogen-bond donors (Lipinski definition) is 3. The van der Waals surface area contributed by atoms with Crippen LogP contribution in [0.2, 0.25) is 0 Å². The first-order valence-electron chi connectivity index (χ1n) is 9.10. The van der Waals surface area contributed by atoms with Crippen molar-refractivity contribution in [3.63, 3.8) is 0 Å². The van der Waals surface area contributed by atoms with Gasteiger partial charge >= 0.3 is 0 Å². The summed E-state index contributed by atoms with van der Waals surface area (Å²) in [7, 11) is 1.53. The number of carbonyl (C=O) groups is 1. The molecule has 3 rings (SSSR count). The number of rotatable bonds is 7. The van der Waals surface area contributed by atoms with Gasteiger partial charge in [0.2, 0.25) is 0 Å². The van der Waals surface area contributed by atoms with Crippen LogP contribution in [0.5, 0.6) is 5.75 Å². The summed E-state index contributed by atoms with van der Waals surface area (Å²) in [5, 5.41) is 20.4. The number of benzene rings is 1. The molecule has 7 nitrogen and oxygen atoms in total. The van der Waals surface area contributed by atoms with E-state index in [9.17, 15) is 9.90 Å². The minimum atomic E-state index is -0.331. The molecule has 1 atom stereocenters. The molecule has 0 unspecified atom stereocenters. The highest BCUT2D eigenvalue weighted by Gasteiger charge is 2.22. The van der Waals surface area contributed by atoms with Crippen LogP contribution in [0.15, 0.2) is 36.7 Å². The first-order valence-corrected chi connectivity index (χ1v) is 9.10. The van der Waals surface area contributed by atoms with Crippen LogP contribution in [0.4, 0.5) is 0 Å². The van der Waals surface area contributed by atoms with Gasteiger partial charge in [-0.1, -0.05) is 26.0 Å². The zero-order chi connectivity index (χ0) is 20.1. The number of aliphatic hydroxyl groups excluding tert-OH is 1. The van der Waals surface area contributed by atoms with Crippen molar-refractivity contribution in [2.45, 2.75) is 19.9 Å². The highest BCUT2D eigenvalue weighted by atomic mass is 16.5. The second-order valence-electron chi connectivity index (χ2n) is 6.80. The summed E-state index contributed by atoms with van der Waals surface area (Å²) in [6.45, 7) is 3.76. The number of aromatic nitrogens is 3. The van der Waals surface area contributed by atoms with Gasteiger partial charge in [-0.3, -0.25) is 14.9 Å². The predicted octanol–water partition coefficient (Wildman–Crippen LogP) is 2.88. The Hall–Kier alpha value is -3.19. The molecule has 1 amide bonds. The minimum absolute atomic E-state index is 0.107. The Morgan fingerprint density at radius 3 is 2.79 bits per heavy atom. The lowest BCUT2D eigenvalue weighted by molar-refractivity contribution is 0.0894. The van der Waals surface area contributed by atoms with Crippen LogP contribution in [0.1, 0.15) is 35.5 Å². The van der Waals surface area contributed by atoms with E-state index in [4.69, 9.17) is 4.74 Å². The molecule has 0 aliphatic carbocycles. The summed E-state index contributed by atoms with van der Waals surface area (Å²) in [6.07, 6.45) is 7.22. The van der Waals surface area contributed by atoms with Gasteiger partial charge in [0.05, 0.1) is 41.9 Å². The quantitative estimate of drug-likeness (QED) is 0.585. The van der Waals surface area contributed by atoms with E-state index in [1.165, 1.54) is 7.11 Å². The highest BCUT2D eigenvalue weighted by Crippen LogP contribution is 2.32. The first kappa shape index (κ1) is 19.6.